The minimum atomic E-state index is -0.0310. The number of nitrogens with zero attached hydrogens (tertiary/aromatic N) is 5. The summed E-state index contributed by atoms with van der Waals surface area (Å²) in [5.41, 5.74) is 1.35. The summed E-state index contributed by atoms with van der Waals surface area (Å²) in [4.78, 5) is 16.9. The van der Waals surface area contributed by atoms with E-state index in [0.29, 0.717) is 31.3 Å². The summed E-state index contributed by atoms with van der Waals surface area (Å²) >= 11 is 0. The molecule has 0 saturated carbocycles. The monoisotopic (exact) mass is 331 g/mol. The molecule has 1 aromatic rings. The van der Waals surface area contributed by atoms with Crippen LogP contribution < -0.4 is 0 Å². The first-order valence-corrected chi connectivity index (χ1v) is 8.67. The molecule has 7 heteroatoms. The molecule has 0 bridgehead atoms. The van der Waals surface area contributed by atoms with Gasteiger partial charge < -0.3 is 9.64 Å². The van der Waals surface area contributed by atoms with E-state index in [-0.39, 0.29) is 12.0 Å². The lowest BCUT2D eigenvalue weighted by Crippen LogP contribution is -2.47. The highest BCUT2D eigenvalue weighted by Gasteiger charge is 2.27. The van der Waals surface area contributed by atoms with Gasteiger partial charge in [-0.15, -0.1) is 0 Å². The van der Waals surface area contributed by atoms with Crippen molar-refractivity contribution in [2.45, 2.75) is 51.9 Å². The number of aromatic nitrogens is 2. The van der Waals surface area contributed by atoms with Crippen molar-refractivity contribution in [3.8, 4) is 6.07 Å². The first-order valence-electron chi connectivity index (χ1n) is 8.67. The Kier molecular flexibility index (Phi) is 5.17. The number of carbonyl (C=O) groups is 1. The normalized spacial score (nSPS) is 22.1. The Morgan fingerprint density at radius 3 is 3.04 bits per heavy atom. The fraction of sp³-hybridized carbons (Fsp3) is 0.706. The van der Waals surface area contributed by atoms with Crippen molar-refractivity contribution in [3.05, 3.63) is 17.5 Å². The number of morpholine rings is 1. The van der Waals surface area contributed by atoms with Gasteiger partial charge >= 0.3 is 0 Å². The van der Waals surface area contributed by atoms with Gasteiger partial charge in [0.2, 0.25) is 5.91 Å². The number of rotatable bonds is 3. The predicted octanol–water partition coefficient (Wildman–Crippen LogP) is 0.986. The van der Waals surface area contributed by atoms with Gasteiger partial charge in [-0.3, -0.25) is 14.4 Å². The highest BCUT2D eigenvalue weighted by molar-refractivity contribution is 5.76. The number of aryl methyl sites for hydroxylation is 1. The van der Waals surface area contributed by atoms with Crippen LogP contribution in [-0.2, 0) is 22.6 Å². The molecule has 0 aliphatic carbocycles. The van der Waals surface area contributed by atoms with Crippen LogP contribution in [0, 0.1) is 11.3 Å². The van der Waals surface area contributed by atoms with Gasteiger partial charge in [-0.05, 0) is 26.3 Å². The van der Waals surface area contributed by atoms with Crippen LogP contribution in [0.1, 0.15) is 38.1 Å². The Hall–Kier alpha value is -1.91. The molecule has 0 aromatic carbocycles. The maximum atomic E-state index is 12.7. The summed E-state index contributed by atoms with van der Waals surface area (Å²) in [7, 11) is 0. The van der Waals surface area contributed by atoms with Crippen LogP contribution in [0.3, 0.4) is 0 Å². The Morgan fingerprint density at radius 1 is 1.46 bits per heavy atom. The molecule has 7 nitrogen and oxygen atoms in total. The standard InChI is InChI=1S/C17H25N5O2/c1-13(2)20-6-7-24-16(12-20)9-17(23)21-4-3-5-22-15(11-21)8-14(10-18)19-22/h8,13,16H,3-7,9,11-12H2,1-2H3. The minimum Gasteiger partial charge on any atom is -0.375 e. The predicted molar refractivity (Wildman–Crippen MR) is 88.0 cm³/mol. The topological polar surface area (TPSA) is 74.4 Å². The zero-order chi connectivity index (χ0) is 17.1. The Balaban J connectivity index is 1.61. The SMILES string of the molecule is CC(C)N1CCOC(CC(=O)N2CCCn3nc(C#N)cc3C2)C1. The van der Waals surface area contributed by atoms with Crippen LogP contribution >= 0.6 is 0 Å². The van der Waals surface area contributed by atoms with E-state index in [1.165, 1.54) is 0 Å². The van der Waals surface area contributed by atoms with Crippen molar-refractivity contribution in [2.24, 2.45) is 0 Å². The van der Waals surface area contributed by atoms with E-state index in [1.807, 2.05) is 9.58 Å². The second-order valence-electron chi connectivity index (χ2n) is 6.81. The fourth-order valence-corrected chi connectivity index (χ4v) is 3.39. The molecule has 1 unspecified atom stereocenters. The van der Waals surface area contributed by atoms with Gasteiger partial charge in [-0.2, -0.15) is 10.4 Å². The molecule has 2 aliphatic heterocycles. The molecule has 3 rings (SSSR count). The van der Waals surface area contributed by atoms with Crippen LogP contribution in [0.2, 0.25) is 0 Å². The number of amides is 1. The number of fused-ring (bicyclic) bond motifs is 1. The number of nitriles is 1. The van der Waals surface area contributed by atoms with E-state index in [2.05, 4.69) is 29.9 Å². The second-order valence-corrected chi connectivity index (χ2v) is 6.81. The van der Waals surface area contributed by atoms with Gasteiger partial charge in [0.1, 0.15) is 6.07 Å². The summed E-state index contributed by atoms with van der Waals surface area (Å²) < 4.78 is 7.64. The highest BCUT2D eigenvalue weighted by atomic mass is 16.5. The van der Waals surface area contributed by atoms with Crippen LogP contribution in [0.25, 0.3) is 0 Å². The molecule has 0 radical (unpaired) electrons. The fourth-order valence-electron chi connectivity index (χ4n) is 3.39. The molecule has 130 valence electrons. The molecule has 1 saturated heterocycles. The molecule has 1 aromatic heterocycles. The average Bonchev–Trinajstić information content (AvgIpc) is 2.85. The summed E-state index contributed by atoms with van der Waals surface area (Å²) in [5, 5.41) is 13.2. The van der Waals surface area contributed by atoms with Crippen molar-refractivity contribution in [1.82, 2.24) is 19.6 Å². The van der Waals surface area contributed by atoms with Crippen molar-refractivity contribution in [1.29, 1.82) is 5.26 Å². The van der Waals surface area contributed by atoms with Gasteiger partial charge in [0.05, 0.1) is 31.4 Å². The second kappa shape index (κ2) is 7.32. The summed E-state index contributed by atoms with van der Waals surface area (Å²) in [5.74, 6) is 0.124. The molecule has 1 fully saturated rings. The number of hydrogen-bond donors (Lipinski definition) is 0. The lowest BCUT2D eigenvalue weighted by Gasteiger charge is -2.36. The van der Waals surface area contributed by atoms with Crippen molar-refractivity contribution < 1.29 is 9.53 Å². The van der Waals surface area contributed by atoms with E-state index in [4.69, 9.17) is 10.00 Å². The minimum absolute atomic E-state index is 0.0310. The lowest BCUT2D eigenvalue weighted by atomic mass is 10.1. The number of hydrogen-bond acceptors (Lipinski definition) is 5. The van der Waals surface area contributed by atoms with Gasteiger partial charge in [-0.25, -0.2) is 0 Å². The highest BCUT2D eigenvalue weighted by Crippen LogP contribution is 2.17. The zero-order valence-electron chi connectivity index (χ0n) is 14.4. The Morgan fingerprint density at radius 2 is 2.29 bits per heavy atom. The molecule has 24 heavy (non-hydrogen) atoms. The molecular formula is C17H25N5O2. The third kappa shape index (κ3) is 3.77. The average molecular weight is 331 g/mol. The van der Waals surface area contributed by atoms with E-state index in [1.54, 1.807) is 6.07 Å². The molecule has 0 N–H and O–H groups in total. The summed E-state index contributed by atoms with van der Waals surface area (Å²) in [6, 6.07) is 4.33. The van der Waals surface area contributed by atoms with Crippen LogP contribution in [-0.4, -0.2) is 63.9 Å². The molecule has 1 amide bonds. The first kappa shape index (κ1) is 16.9. The van der Waals surface area contributed by atoms with E-state index < -0.39 is 0 Å². The van der Waals surface area contributed by atoms with E-state index in [0.717, 1.165) is 38.3 Å². The first-order chi connectivity index (χ1) is 11.6. The quantitative estimate of drug-likeness (QED) is 0.825. The van der Waals surface area contributed by atoms with Gasteiger partial charge in [-0.1, -0.05) is 0 Å². The van der Waals surface area contributed by atoms with Crippen LogP contribution in [0.15, 0.2) is 6.07 Å². The third-order valence-corrected chi connectivity index (χ3v) is 4.78. The largest absolute Gasteiger partial charge is 0.375 e. The molecule has 3 heterocycles. The van der Waals surface area contributed by atoms with Crippen molar-refractivity contribution in [3.63, 3.8) is 0 Å². The Bertz CT molecular complexity index is 633. The lowest BCUT2D eigenvalue weighted by molar-refractivity contribution is -0.137. The summed E-state index contributed by atoms with van der Waals surface area (Å²) in [6.07, 6.45) is 1.24. The van der Waals surface area contributed by atoms with Crippen LogP contribution in [0.5, 0.6) is 0 Å². The van der Waals surface area contributed by atoms with Gasteiger partial charge in [0.25, 0.3) is 0 Å². The zero-order valence-corrected chi connectivity index (χ0v) is 14.4. The smallest absolute Gasteiger partial charge is 0.225 e. The van der Waals surface area contributed by atoms with E-state index >= 15 is 0 Å². The Labute approximate surface area is 142 Å². The van der Waals surface area contributed by atoms with Crippen molar-refractivity contribution >= 4 is 5.91 Å². The molecule has 0 spiro atoms. The number of carbonyl (C=O) groups excluding carboxylic acids is 1. The van der Waals surface area contributed by atoms with Crippen LogP contribution in [0.4, 0.5) is 0 Å². The number of ether oxygens (including phenoxy) is 1. The molecular weight excluding hydrogens is 306 g/mol. The third-order valence-electron chi connectivity index (χ3n) is 4.78. The van der Waals surface area contributed by atoms with Gasteiger partial charge in [0.15, 0.2) is 5.69 Å². The van der Waals surface area contributed by atoms with Crippen molar-refractivity contribution in [2.75, 3.05) is 26.2 Å². The molecule has 2 aliphatic rings. The maximum Gasteiger partial charge on any atom is 0.225 e. The summed E-state index contributed by atoms with van der Waals surface area (Å²) in [6.45, 7) is 8.78. The van der Waals surface area contributed by atoms with Gasteiger partial charge in [0, 0.05) is 32.2 Å². The maximum absolute atomic E-state index is 12.7. The molecule has 1 atom stereocenters. The van der Waals surface area contributed by atoms with E-state index in [9.17, 15) is 4.79 Å².